The summed E-state index contributed by atoms with van der Waals surface area (Å²) in [6.45, 7) is 8.96. The van der Waals surface area contributed by atoms with E-state index in [1.807, 2.05) is 86.2 Å². The number of H-pyrrole nitrogens is 2. The number of rotatable bonds is 9. The van der Waals surface area contributed by atoms with Crippen LogP contribution in [0.5, 0.6) is 0 Å². The molecule has 4 atom stereocenters. The number of benzene rings is 2. The van der Waals surface area contributed by atoms with E-state index in [-0.39, 0.29) is 101 Å². The van der Waals surface area contributed by atoms with Gasteiger partial charge in [-0.2, -0.15) is 54.0 Å². The van der Waals surface area contributed by atoms with Gasteiger partial charge in [0.15, 0.2) is 0 Å². The Kier molecular flexibility index (Phi) is 16.2. The zero-order chi connectivity index (χ0) is 40.9. The standard InChI is InChI=1S/C44H52N8O6.4H2S/c1-25(2)35(49-41(55)57-5)39(53)51-23-43(15-16-43)20-33(51)37-45-22-32(48-37)29-12-9-27(10-13-29)7-8-28-11-14-30-31(19-28)47-38(46-30)34-21-44(17-18-44)24-52(34)40(54)36(26(3)4)50-42(56)58-6;;;;/h9-14,19,22,25-26,33-36H,15-18,20-21,23-24H2,1-6H3,(H,45,48)(H,46,47)(H,49,55)(H,50,56);4*1H2/t33-,34-,35-,36-;;;;/m0..../s1. The van der Waals surface area contributed by atoms with Crippen LogP contribution in [0.4, 0.5) is 9.59 Å². The molecule has 4 aliphatic rings. The lowest BCUT2D eigenvalue weighted by atomic mass is 10.0. The quantitative estimate of drug-likeness (QED) is 0.135. The lowest BCUT2D eigenvalue weighted by molar-refractivity contribution is -0.136. The first-order chi connectivity index (χ1) is 27.8. The van der Waals surface area contributed by atoms with Crippen molar-refractivity contribution in [3.63, 3.8) is 0 Å². The highest BCUT2D eigenvalue weighted by Crippen LogP contribution is 2.59. The lowest BCUT2D eigenvalue weighted by Crippen LogP contribution is -2.51. The molecule has 8 rings (SSSR count). The number of likely N-dealkylation sites (tertiary alicyclic amines) is 2. The summed E-state index contributed by atoms with van der Waals surface area (Å²) in [5, 5.41) is 5.48. The minimum atomic E-state index is -0.696. The molecule has 2 aliphatic heterocycles. The summed E-state index contributed by atoms with van der Waals surface area (Å²) in [4.78, 5) is 72.3. The average Bonchev–Trinajstić information content (AvgIpc) is 3.83. The number of methoxy groups -OCH3 is 2. The molecule has 2 saturated carbocycles. The predicted molar refractivity (Wildman–Crippen MR) is 257 cm³/mol. The summed E-state index contributed by atoms with van der Waals surface area (Å²) in [7, 11) is 2.60. The van der Waals surface area contributed by atoms with Gasteiger partial charge in [-0.05, 0) is 97.1 Å². The van der Waals surface area contributed by atoms with Crippen LogP contribution < -0.4 is 10.6 Å². The number of alkyl carbamates (subject to hydrolysis) is 2. The van der Waals surface area contributed by atoms with Gasteiger partial charge in [0.25, 0.3) is 0 Å². The average molecular weight is 925 g/mol. The highest BCUT2D eigenvalue weighted by Gasteiger charge is 2.56. The minimum Gasteiger partial charge on any atom is -0.453 e. The number of carbonyl (C=O) groups is 4. The number of hydrogen-bond donors (Lipinski definition) is 4. The zero-order valence-electron chi connectivity index (χ0n) is 36.0. The van der Waals surface area contributed by atoms with Crippen molar-refractivity contribution in [1.29, 1.82) is 0 Å². The second-order valence-corrected chi connectivity index (χ2v) is 17.5. The molecule has 0 unspecified atom stereocenters. The van der Waals surface area contributed by atoms with Gasteiger partial charge in [-0.3, -0.25) is 9.59 Å². The van der Waals surface area contributed by atoms with Gasteiger partial charge in [-0.1, -0.05) is 51.7 Å². The molecule has 4 amide bonds. The van der Waals surface area contributed by atoms with E-state index in [1.54, 1.807) is 0 Å². The van der Waals surface area contributed by atoms with Gasteiger partial charge in [0, 0.05) is 24.2 Å². The molecule has 2 aromatic carbocycles. The van der Waals surface area contributed by atoms with Crippen LogP contribution in [0, 0.1) is 34.5 Å². The Morgan fingerprint density at radius 3 is 1.68 bits per heavy atom. The third kappa shape index (κ3) is 10.3. The van der Waals surface area contributed by atoms with E-state index >= 15 is 0 Å². The topological polar surface area (TPSA) is 175 Å². The Balaban J connectivity index is 0.00000211. The summed E-state index contributed by atoms with van der Waals surface area (Å²) in [5.74, 6) is 7.59. The van der Waals surface area contributed by atoms with Crippen molar-refractivity contribution in [2.75, 3.05) is 27.3 Å². The van der Waals surface area contributed by atoms with E-state index in [4.69, 9.17) is 19.4 Å². The molecule has 2 aliphatic carbocycles. The Hall–Kier alpha value is -4.44. The summed E-state index contributed by atoms with van der Waals surface area (Å²) in [6, 6.07) is 12.0. The highest BCUT2D eigenvalue weighted by molar-refractivity contribution is 7.59. The largest absolute Gasteiger partial charge is 0.453 e. The first-order valence-corrected chi connectivity index (χ1v) is 20.3. The van der Waals surface area contributed by atoms with Gasteiger partial charge in [-0.15, -0.1) is 0 Å². The number of ether oxygens (including phenoxy) is 2. The van der Waals surface area contributed by atoms with E-state index in [0.717, 1.165) is 83.6 Å². The molecule has 62 heavy (non-hydrogen) atoms. The Morgan fingerprint density at radius 1 is 0.710 bits per heavy atom. The SMILES string of the molecule is COC(=O)N[C@H](C(=O)N1CC2(CC2)C[C@H]1c1ncc(-c2ccc(C#Cc3ccc4nc([C@@H]5CC6(CC6)CN5C(=O)[C@@H](NC(=O)OC)C(C)C)[nH]c4c3)cc2)[nH]1)C(C)C.S.S.S.S. The van der Waals surface area contributed by atoms with Crippen molar-refractivity contribution in [2.24, 2.45) is 22.7 Å². The number of nitrogens with one attached hydrogen (secondary N) is 4. The molecule has 14 nitrogen and oxygen atoms in total. The summed E-state index contributed by atoms with van der Waals surface area (Å²) in [6.07, 6.45) is 6.55. The maximum Gasteiger partial charge on any atom is 0.407 e. The molecule has 2 spiro atoms. The number of nitrogens with zero attached hydrogens (tertiary/aromatic N) is 4. The maximum absolute atomic E-state index is 13.9. The molecule has 336 valence electrons. The van der Waals surface area contributed by atoms with Crippen molar-refractivity contribution in [2.45, 2.75) is 90.4 Å². The molecule has 18 heteroatoms. The van der Waals surface area contributed by atoms with Crippen LogP contribution in [-0.2, 0) is 19.1 Å². The molecule has 4 heterocycles. The first kappa shape index (κ1) is 50.2. The van der Waals surface area contributed by atoms with Crippen LogP contribution in [-0.4, -0.2) is 93.1 Å². The summed E-state index contributed by atoms with van der Waals surface area (Å²) >= 11 is 0. The molecule has 4 N–H and O–H groups in total. The van der Waals surface area contributed by atoms with Crippen LogP contribution in [0.25, 0.3) is 22.3 Å². The van der Waals surface area contributed by atoms with Crippen molar-refractivity contribution in [3.05, 3.63) is 71.4 Å². The van der Waals surface area contributed by atoms with Crippen LogP contribution >= 0.6 is 54.0 Å². The second kappa shape index (κ2) is 19.9. The van der Waals surface area contributed by atoms with Crippen molar-refractivity contribution >= 4 is 89.0 Å². The van der Waals surface area contributed by atoms with Gasteiger partial charge >= 0.3 is 12.2 Å². The van der Waals surface area contributed by atoms with E-state index in [0.29, 0.717) is 13.1 Å². The monoisotopic (exact) mass is 924 g/mol. The molecule has 2 saturated heterocycles. The number of amides is 4. The van der Waals surface area contributed by atoms with Crippen molar-refractivity contribution in [1.82, 2.24) is 40.4 Å². The van der Waals surface area contributed by atoms with Gasteiger partial charge < -0.3 is 39.9 Å². The van der Waals surface area contributed by atoms with Gasteiger partial charge in [-0.25, -0.2) is 19.6 Å². The summed E-state index contributed by atoms with van der Waals surface area (Å²) < 4.78 is 9.61. The fourth-order valence-corrected chi connectivity index (χ4v) is 8.69. The molecule has 0 bridgehead atoms. The number of fused-ring (bicyclic) bond motifs is 1. The lowest BCUT2D eigenvalue weighted by Gasteiger charge is -2.30. The fourth-order valence-electron chi connectivity index (χ4n) is 8.69. The summed E-state index contributed by atoms with van der Waals surface area (Å²) in [5.41, 5.74) is 5.36. The number of imidazole rings is 2. The van der Waals surface area contributed by atoms with Crippen molar-refractivity contribution in [3.8, 4) is 23.1 Å². The second-order valence-electron chi connectivity index (χ2n) is 17.5. The number of hydrogen-bond acceptors (Lipinski definition) is 8. The maximum atomic E-state index is 13.9. The first-order valence-electron chi connectivity index (χ1n) is 20.3. The Labute approximate surface area is 391 Å². The van der Waals surface area contributed by atoms with Crippen LogP contribution in [0.1, 0.15) is 101 Å². The van der Waals surface area contributed by atoms with Gasteiger partial charge in [0.1, 0.15) is 23.7 Å². The molecule has 0 radical (unpaired) electrons. The van der Waals surface area contributed by atoms with E-state index < -0.39 is 24.3 Å². The predicted octanol–water partition coefficient (Wildman–Crippen LogP) is 6.67. The third-order valence-corrected chi connectivity index (χ3v) is 12.6. The number of aromatic amines is 2. The van der Waals surface area contributed by atoms with E-state index in [1.165, 1.54) is 14.2 Å². The van der Waals surface area contributed by atoms with Gasteiger partial charge in [0.05, 0.1) is 49.2 Å². The minimum absolute atomic E-state index is 0. The zero-order valence-corrected chi connectivity index (χ0v) is 40.0. The smallest absolute Gasteiger partial charge is 0.407 e. The highest BCUT2D eigenvalue weighted by atomic mass is 32.1. The number of aromatic nitrogens is 4. The van der Waals surface area contributed by atoms with Crippen LogP contribution in [0.15, 0.2) is 48.7 Å². The van der Waals surface area contributed by atoms with E-state index in [9.17, 15) is 19.2 Å². The van der Waals surface area contributed by atoms with Crippen molar-refractivity contribution < 1.29 is 28.7 Å². The molecule has 2 aromatic heterocycles. The Morgan fingerprint density at radius 2 is 1.19 bits per heavy atom. The van der Waals surface area contributed by atoms with Crippen LogP contribution in [0.3, 0.4) is 0 Å². The molecule has 4 fully saturated rings. The normalized spacial score (nSPS) is 19.5. The van der Waals surface area contributed by atoms with Gasteiger partial charge in [0.2, 0.25) is 11.8 Å². The fraction of sp³-hybridized carbons (Fsp3) is 0.500. The van der Waals surface area contributed by atoms with E-state index in [2.05, 4.69) is 32.4 Å². The molecular weight excluding hydrogens is 865 g/mol. The third-order valence-electron chi connectivity index (χ3n) is 12.6. The number of carbonyl (C=O) groups excluding carboxylic acids is 4. The van der Waals surface area contributed by atoms with Crippen LogP contribution in [0.2, 0.25) is 0 Å². The molecule has 4 aromatic rings. The molecular formula is C44H60N8O6S4. The Bertz CT molecular complexity index is 2310.